The van der Waals surface area contributed by atoms with Crippen LogP contribution >= 0.6 is 0 Å². The van der Waals surface area contributed by atoms with E-state index < -0.39 is 10.0 Å². The van der Waals surface area contributed by atoms with Gasteiger partial charge in [0.05, 0.1) is 5.25 Å². The molecular weight excluding hydrogens is 236 g/mol. The SMILES string of the molecule is CCNCC(C)S(=O)(=O)N1CC2CCCC2C1. The third-order valence-electron chi connectivity index (χ3n) is 4.24. The van der Waals surface area contributed by atoms with E-state index in [-0.39, 0.29) is 5.25 Å². The largest absolute Gasteiger partial charge is 0.316 e. The molecule has 1 saturated heterocycles. The van der Waals surface area contributed by atoms with Crippen LogP contribution in [-0.4, -0.2) is 44.2 Å². The Balaban J connectivity index is 1.97. The van der Waals surface area contributed by atoms with Crippen molar-refractivity contribution in [2.45, 2.75) is 38.4 Å². The van der Waals surface area contributed by atoms with E-state index in [2.05, 4.69) is 5.32 Å². The first-order valence-electron chi connectivity index (χ1n) is 6.75. The number of rotatable bonds is 5. The summed E-state index contributed by atoms with van der Waals surface area (Å²) in [6.45, 7) is 6.73. The predicted molar refractivity (Wildman–Crippen MR) is 69.3 cm³/mol. The Morgan fingerprint density at radius 1 is 1.29 bits per heavy atom. The summed E-state index contributed by atoms with van der Waals surface area (Å²) in [5, 5.41) is 2.82. The third-order valence-corrected chi connectivity index (χ3v) is 6.44. The highest BCUT2D eigenvalue weighted by molar-refractivity contribution is 7.89. The second-order valence-corrected chi connectivity index (χ2v) is 7.78. The smallest absolute Gasteiger partial charge is 0.217 e. The van der Waals surface area contributed by atoms with E-state index >= 15 is 0 Å². The fourth-order valence-electron chi connectivity index (χ4n) is 3.11. The third kappa shape index (κ3) is 2.66. The summed E-state index contributed by atoms with van der Waals surface area (Å²) in [4.78, 5) is 0. The topological polar surface area (TPSA) is 49.4 Å². The molecule has 0 aromatic heterocycles. The summed E-state index contributed by atoms with van der Waals surface area (Å²) in [6.07, 6.45) is 3.73. The first-order chi connectivity index (χ1) is 8.05. The lowest BCUT2D eigenvalue weighted by molar-refractivity contribution is 0.435. The molecule has 2 fully saturated rings. The van der Waals surface area contributed by atoms with Crippen molar-refractivity contribution in [2.75, 3.05) is 26.2 Å². The van der Waals surface area contributed by atoms with Crippen LogP contribution in [0, 0.1) is 11.8 Å². The summed E-state index contributed by atoms with van der Waals surface area (Å²) in [5.41, 5.74) is 0. The molecule has 0 bridgehead atoms. The van der Waals surface area contributed by atoms with Gasteiger partial charge in [0, 0.05) is 19.6 Å². The summed E-state index contributed by atoms with van der Waals surface area (Å²) in [5.74, 6) is 1.27. The molecule has 2 aliphatic rings. The lowest BCUT2D eigenvalue weighted by Gasteiger charge is -2.22. The molecule has 4 nitrogen and oxygen atoms in total. The number of nitrogens with zero attached hydrogens (tertiary/aromatic N) is 1. The average Bonchev–Trinajstić information content (AvgIpc) is 2.85. The van der Waals surface area contributed by atoms with Gasteiger partial charge in [-0.2, -0.15) is 0 Å². The monoisotopic (exact) mass is 260 g/mol. The summed E-state index contributed by atoms with van der Waals surface area (Å²) in [7, 11) is -3.08. The van der Waals surface area contributed by atoms with Crippen molar-refractivity contribution >= 4 is 10.0 Å². The van der Waals surface area contributed by atoms with Crippen LogP contribution in [0.15, 0.2) is 0 Å². The first-order valence-corrected chi connectivity index (χ1v) is 8.25. The van der Waals surface area contributed by atoms with Crippen LogP contribution in [0.5, 0.6) is 0 Å². The van der Waals surface area contributed by atoms with Crippen molar-refractivity contribution in [3.05, 3.63) is 0 Å². The van der Waals surface area contributed by atoms with Gasteiger partial charge in [-0.25, -0.2) is 12.7 Å². The quantitative estimate of drug-likeness (QED) is 0.804. The van der Waals surface area contributed by atoms with Crippen LogP contribution in [0.2, 0.25) is 0 Å². The Bertz CT molecular complexity index is 344. The van der Waals surface area contributed by atoms with Gasteiger partial charge in [0.2, 0.25) is 10.0 Å². The predicted octanol–water partition coefficient (Wildman–Crippen LogP) is 1.05. The number of nitrogens with one attached hydrogen (secondary N) is 1. The lowest BCUT2D eigenvalue weighted by atomic mass is 10.0. The van der Waals surface area contributed by atoms with E-state index in [1.54, 1.807) is 4.31 Å². The van der Waals surface area contributed by atoms with Gasteiger partial charge < -0.3 is 5.32 Å². The number of sulfonamides is 1. The fraction of sp³-hybridized carbons (Fsp3) is 1.00. The minimum Gasteiger partial charge on any atom is -0.316 e. The van der Waals surface area contributed by atoms with Gasteiger partial charge in [-0.1, -0.05) is 13.3 Å². The van der Waals surface area contributed by atoms with Crippen LogP contribution in [-0.2, 0) is 10.0 Å². The lowest BCUT2D eigenvalue weighted by Crippen LogP contribution is -2.41. The molecule has 0 radical (unpaired) electrons. The maximum Gasteiger partial charge on any atom is 0.217 e. The van der Waals surface area contributed by atoms with Gasteiger partial charge in [-0.05, 0) is 38.1 Å². The number of fused-ring (bicyclic) bond motifs is 1. The van der Waals surface area contributed by atoms with E-state index in [9.17, 15) is 8.42 Å². The Labute approximate surface area is 105 Å². The van der Waals surface area contributed by atoms with Crippen molar-refractivity contribution < 1.29 is 8.42 Å². The second kappa shape index (κ2) is 5.24. The molecule has 3 atom stereocenters. The van der Waals surface area contributed by atoms with Crippen molar-refractivity contribution in [2.24, 2.45) is 11.8 Å². The first kappa shape index (κ1) is 13.3. The molecule has 0 spiro atoms. The maximum absolute atomic E-state index is 12.4. The van der Waals surface area contributed by atoms with Crippen molar-refractivity contribution in [3.63, 3.8) is 0 Å². The van der Waals surface area contributed by atoms with Gasteiger partial charge in [-0.15, -0.1) is 0 Å². The molecule has 1 N–H and O–H groups in total. The van der Waals surface area contributed by atoms with E-state index in [0.717, 1.165) is 19.6 Å². The molecule has 3 unspecified atom stereocenters. The molecular formula is C12H24N2O2S. The van der Waals surface area contributed by atoms with E-state index in [1.807, 2.05) is 13.8 Å². The van der Waals surface area contributed by atoms with E-state index in [1.165, 1.54) is 19.3 Å². The van der Waals surface area contributed by atoms with Crippen LogP contribution in [0.4, 0.5) is 0 Å². The molecule has 1 saturated carbocycles. The van der Waals surface area contributed by atoms with Gasteiger partial charge in [0.25, 0.3) is 0 Å². The van der Waals surface area contributed by atoms with Crippen LogP contribution in [0.3, 0.4) is 0 Å². The van der Waals surface area contributed by atoms with Crippen molar-refractivity contribution in [1.29, 1.82) is 0 Å². The summed E-state index contributed by atoms with van der Waals surface area (Å²) in [6, 6.07) is 0. The minimum absolute atomic E-state index is 0.304. The highest BCUT2D eigenvalue weighted by Gasteiger charge is 2.42. The molecule has 5 heteroatoms. The molecule has 0 amide bonds. The molecule has 2 rings (SSSR count). The zero-order valence-electron chi connectivity index (χ0n) is 10.9. The number of hydrogen-bond donors (Lipinski definition) is 1. The Morgan fingerprint density at radius 3 is 2.41 bits per heavy atom. The average molecular weight is 260 g/mol. The van der Waals surface area contributed by atoms with Crippen LogP contribution in [0.1, 0.15) is 33.1 Å². The molecule has 0 aromatic carbocycles. The molecule has 100 valence electrons. The van der Waals surface area contributed by atoms with Gasteiger partial charge in [0.15, 0.2) is 0 Å². The minimum atomic E-state index is -3.08. The van der Waals surface area contributed by atoms with E-state index in [4.69, 9.17) is 0 Å². The molecule has 17 heavy (non-hydrogen) atoms. The molecule has 1 aliphatic carbocycles. The Morgan fingerprint density at radius 2 is 1.88 bits per heavy atom. The normalized spacial score (nSPS) is 31.6. The number of hydrogen-bond acceptors (Lipinski definition) is 3. The Hall–Kier alpha value is -0.130. The van der Waals surface area contributed by atoms with Crippen LogP contribution < -0.4 is 5.32 Å². The van der Waals surface area contributed by atoms with Crippen molar-refractivity contribution in [1.82, 2.24) is 9.62 Å². The Kier molecular flexibility index (Phi) is 4.10. The van der Waals surface area contributed by atoms with Gasteiger partial charge in [-0.3, -0.25) is 0 Å². The van der Waals surface area contributed by atoms with Gasteiger partial charge >= 0.3 is 0 Å². The van der Waals surface area contributed by atoms with E-state index in [0.29, 0.717) is 18.4 Å². The maximum atomic E-state index is 12.4. The molecule has 0 aromatic rings. The van der Waals surface area contributed by atoms with Gasteiger partial charge in [0.1, 0.15) is 0 Å². The highest BCUT2D eigenvalue weighted by Crippen LogP contribution is 2.39. The zero-order valence-corrected chi connectivity index (χ0v) is 11.7. The summed E-state index contributed by atoms with van der Waals surface area (Å²) < 4.78 is 26.5. The molecule has 1 aliphatic heterocycles. The van der Waals surface area contributed by atoms with Crippen molar-refractivity contribution in [3.8, 4) is 0 Å². The fourth-order valence-corrected chi connectivity index (χ4v) is 4.74. The summed E-state index contributed by atoms with van der Waals surface area (Å²) >= 11 is 0. The molecule has 1 heterocycles. The van der Waals surface area contributed by atoms with Crippen LogP contribution in [0.25, 0.3) is 0 Å². The second-order valence-electron chi connectivity index (χ2n) is 5.43. The highest BCUT2D eigenvalue weighted by atomic mass is 32.2. The standard InChI is InChI=1S/C12H24N2O2S/c1-3-13-7-10(2)17(15,16)14-8-11-5-4-6-12(11)9-14/h10-13H,3-9H2,1-2H3. The zero-order chi connectivity index (χ0) is 12.5.